The number of carbonyl (C=O) groups excluding carboxylic acids is 2. The Morgan fingerprint density at radius 3 is 2.68 bits per heavy atom. The van der Waals surface area contributed by atoms with Crippen LogP contribution in [0.1, 0.15) is 26.3 Å². The number of Topliss-reactive ketones (excluding diaryl/α,β-unsaturated/α-hetero) is 1. The van der Waals surface area contributed by atoms with E-state index in [1.54, 1.807) is 24.3 Å². The molecule has 0 spiro atoms. The van der Waals surface area contributed by atoms with Crippen LogP contribution in [0.5, 0.6) is 11.5 Å². The van der Waals surface area contributed by atoms with Crippen LogP contribution in [-0.2, 0) is 6.42 Å². The molecule has 5 heteroatoms. The molecule has 1 aliphatic heterocycles. The number of rotatable bonds is 4. The Bertz CT molecular complexity index is 737. The van der Waals surface area contributed by atoms with Crippen molar-refractivity contribution in [1.29, 1.82) is 0 Å². The van der Waals surface area contributed by atoms with Crippen molar-refractivity contribution < 1.29 is 19.1 Å². The average Bonchev–Trinajstić information content (AvgIpc) is 2.97. The molecule has 0 saturated heterocycles. The second-order valence-electron chi connectivity index (χ2n) is 5.01. The summed E-state index contributed by atoms with van der Waals surface area (Å²) in [6, 6.07) is 10.5. The van der Waals surface area contributed by atoms with E-state index >= 15 is 0 Å². The third kappa shape index (κ3) is 2.64. The lowest BCUT2D eigenvalue weighted by molar-refractivity contribution is 0.0821. The van der Waals surface area contributed by atoms with Crippen molar-refractivity contribution >= 4 is 28.0 Å². The van der Waals surface area contributed by atoms with E-state index < -0.39 is 6.10 Å². The summed E-state index contributed by atoms with van der Waals surface area (Å²) in [6.07, 6.45) is 0.599. The van der Waals surface area contributed by atoms with Gasteiger partial charge in [0.1, 0.15) is 6.29 Å². The number of carbonyl (C=O) groups is 2. The maximum Gasteiger partial charge on any atom is 0.203 e. The van der Waals surface area contributed by atoms with Crippen LogP contribution in [0.15, 0.2) is 40.9 Å². The topological polar surface area (TPSA) is 52.6 Å². The first-order chi connectivity index (χ1) is 10.6. The van der Waals surface area contributed by atoms with Gasteiger partial charge in [-0.1, -0.05) is 28.1 Å². The second-order valence-corrected chi connectivity index (χ2v) is 5.93. The fraction of sp³-hybridized carbons (Fsp3) is 0.176. The van der Waals surface area contributed by atoms with Gasteiger partial charge in [0.25, 0.3) is 0 Å². The highest BCUT2D eigenvalue weighted by molar-refractivity contribution is 9.10. The minimum Gasteiger partial charge on any atom is -0.493 e. The molecule has 2 aromatic rings. The average molecular weight is 361 g/mol. The molecule has 0 radical (unpaired) electrons. The fourth-order valence-corrected chi connectivity index (χ4v) is 2.78. The Balaban J connectivity index is 1.89. The van der Waals surface area contributed by atoms with Gasteiger partial charge in [-0.25, -0.2) is 0 Å². The van der Waals surface area contributed by atoms with Crippen molar-refractivity contribution in [2.75, 3.05) is 7.11 Å². The number of hydrogen-bond acceptors (Lipinski definition) is 4. The van der Waals surface area contributed by atoms with Crippen molar-refractivity contribution in [2.45, 2.75) is 12.5 Å². The smallest absolute Gasteiger partial charge is 0.203 e. The number of aldehydes is 1. The standard InChI is InChI=1S/C17H13BrO4/c1-21-15-7-10(9-19)6-12-8-14(22-17(12)15)16(20)11-2-4-13(18)5-3-11/h2-7,9,14H,8H2,1H3. The number of methoxy groups -OCH3 is 1. The Labute approximate surface area is 136 Å². The third-order valence-electron chi connectivity index (χ3n) is 3.60. The van der Waals surface area contributed by atoms with E-state index in [0.717, 1.165) is 16.3 Å². The molecule has 0 saturated carbocycles. The van der Waals surface area contributed by atoms with Gasteiger partial charge in [-0.05, 0) is 24.3 Å². The lowest BCUT2D eigenvalue weighted by Crippen LogP contribution is -2.25. The lowest BCUT2D eigenvalue weighted by atomic mass is 10.0. The van der Waals surface area contributed by atoms with E-state index in [4.69, 9.17) is 9.47 Å². The summed E-state index contributed by atoms with van der Waals surface area (Å²) >= 11 is 3.34. The second kappa shape index (κ2) is 5.93. The fourth-order valence-electron chi connectivity index (χ4n) is 2.52. The van der Waals surface area contributed by atoms with Crippen LogP contribution in [0.4, 0.5) is 0 Å². The molecule has 0 aliphatic carbocycles. The summed E-state index contributed by atoms with van der Waals surface area (Å²) in [5, 5.41) is 0. The third-order valence-corrected chi connectivity index (χ3v) is 4.13. The van der Waals surface area contributed by atoms with E-state index in [9.17, 15) is 9.59 Å². The van der Waals surface area contributed by atoms with Crippen molar-refractivity contribution in [3.63, 3.8) is 0 Å². The zero-order valence-electron chi connectivity index (χ0n) is 11.8. The number of ketones is 1. The van der Waals surface area contributed by atoms with Crippen LogP contribution in [0.25, 0.3) is 0 Å². The molecule has 0 aromatic heterocycles. The minimum absolute atomic E-state index is 0.0848. The Morgan fingerprint density at radius 2 is 2.05 bits per heavy atom. The predicted molar refractivity (Wildman–Crippen MR) is 85.0 cm³/mol. The van der Waals surface area contributed by atoms with Crippen LogP contribution in [-0.4, -0.2) is 25.3 Å². The van der Waals surface area contributed by atoms with E-state index in [2.05, 4.69) is 15.9 Å². The summed E-state index contributed by atoms with van der Waals surface area (Å²) in [7, 11) is 1.51. The summed E-state index contributed by atoms with van der Waals surface area (Å²) < 4.78 is 11.9. The SMILES string of the molecule is COc1cc(C=O)cc2c1OC(C(=O)c1ccc(Br)cc1)C2. The predicted octanol–water partition coefficient (Wildman–Crippen LogP) is 3.46. The molecule has 3 rings (SSSR count). The van der Waals surface area contributed by atoms with Gasteiger partial charge in [0.2, 0.25) is 5.78 Å². The van der Waals surface area contributed by atoms with Crippen molar-refractivity contribution in [2.24, 2.45) is 0 Å². The quantitative estimate of drug-likeness (QED) is 0.618. The maximum absolute atomic E-state index is 12.5. The maximum atomic E-state index is 12.5. The molecular formula is C17H13BrO4. The van der Waals surface area contributed by atoms with Crippen molar-refractivity contribution in [3.8, 4) is 11.5 Å². The van der Waals surface area contributed by atoms with Gasteiger partial charge in [-0.2, -0.15) is 0 Å². The zero-order valence-corrected chi connectivity index (χ0v) is 13.4. The summed E-state index contributed by atoms with van der Waals surface area (Å²) in [5.74, 6) is 0.938. The van der Waals surface area contributed by atoms with Crippen LogP contribution in [0, 0.1) is 0 Å². The molecule has 1 unspecified atom stereocenters. The van der Waals surface area contributed by atoms with Gasteiger partial charge >= 0.3 is 0 Å². The molecule has 22 heavy (non-hydrogen) atoms. The molecule has 0 amide bonds. The summed E-state index contributed by atoms with van der Waals surface area (Å²) in [4.78, 5) is 23.5. The highest BCUT2D eigenvalue weighted by Crippen LogP contribution is 2.39. The highest BCUT2D eigenvalue weighted by Gasteiger charge is 2.32. The Morgan fingerprint density at radius 1 is 1.32 bits per heavy atom. The van der Waals surface area contributed by atoms with Gasteiger partial charge in [-0.3, -0.25) is 9.59 Å². The Kier molecular flexibility index (Phi) is 3.98. The number of benzene rings is 2. The van der Waals surface area contributed by atoms with E-state index in [1.807, 2.05) is 12.1 Å². The van der Waals surface area contributed by atoms with Gasteiger partial charge in [0, 0.05) is 27.6 Å². The van der Waals surface area contributed by atoms with Gasteiger partial charge in [0.15, 0.2) is 17.6 Å². The molecule has 1 aliphatic rings. The van der Waals surface area contributed by atoms with Crippen LogP contribution < -0.4 is 9.47 Å². The number of halogens is 1. The van der Waals surface area contributed by atoms with Crippen molar-refractivity contribution in [1.82, 2.24) is 0 Å². The van der Waals surface area contributed by atoms with Crippen LogP contribution >= 0.6 is 15.9 Å². The summed E-state index contributed by atoms with van der Waals surface area (Å²) in [6.45, 7) is 0. The Hall–Kier alpha value is -2.14. The number of fused-ring (bicyclic) bond motifs is 1. The molecule has 0 fully saturated rings. The lowest BCUT2D eigenvalue weighted by Gasteiger charge is -2.11. The van der Waals surface area contributed by atoms with E-state index in [1.165, 1.54) is 7.11 Å². The first kappa shape index (κ1) is 14.8. The minimum atomic E-state index is -0.591. The monoisotopic (exact) mass is 360 g/mol. The molecule has 2 aromatic carbocycles. The zero-order chi connectivity index (χ0) is 15.7. The van der Waals surface area contributed by atoms with Crippen LogP contribution in [0.2, 0.25) is 0 Å². The number of hydrogen-bond donors (Lipinski definition) is 0. The molecule has 1 heterocycles. The normalized spacial score (nSPS) is 15.8. The van der Waals surface area contributed by atoms with E-state index in [-0.39, 0.29) is 5.78 Å². The van der Waals surface area contributed by atoms with Gasteiger partial charge < -0.3 is 9.47 Å². The van der Waals surface area contributed by atoms with Crippen molar-refractivity contribution in [3.05, 3.63) is 57.6 Å². The van der Waals surface area contributed by atoms with Crippen LogP contribution in [0.3, 0.4) is 0 Å². The first-order valence-corrected chi connectivity index (χ1v) is 7.54. The van der Waals surface area contributed by atoms with Gasteiger partial charge in [-0.15, -0.1) is 0 Å². The first-order valence-electron chi connectivity index (χ1n) is 6.75. The molecule has 112 valence electrons. The highest BCUT2D eigenvalue weighted by atomic mass is 79.9. The number of ether oxygens (including phenoxy) is 2. The van der Waals surface area contributed by atoms with Gasteiger partial charge in [0.05, 0.1) is 7.11 Å². The molecule has 4 nitrogen and oxygen atoms in total. The molecule has 0 N–H and O–H groups in total. The van der Waals surface area contributed by atoms with E-state index in [0.29, 0.717) is 29.0 Å². The molecule has 1 atom stereocenters. The molecular weight excluding hydrogens is 348 g/mol. The largest absolute Gasteiger partial charge is 0.493 e. The summed E-state index contributed by atoms with van der Waals surface area (Å²) in [5.41, 5.74) is 1.92. The molecule has 0 bridgehead atoms.